The molecule has 2 amide bonds. The number of benzene rings is 3. The van der Waals surface area contributed by atoms with Gasteiger partial charge < -0.3 is 5.32 Å². The molecule has 0 bridgehead atoms. The quantitative estimate of drug-likeness (QED) is 0.493. The van der Waals surface area contributed by atoms with Gasteiger partial charge in [-0.05, 0) is 60.4 Å². The van der Waals surface area contributed by atoms with E-state index in [2.05, 4.69) is 10.3 Å². The van der Waals surface area contributed by atoms with Crippen molar-refractivity contribution in [3.05, 3.63) is 101 Å². The second-order valence-corrected chi connectivity index (χ2v) is 10.2. The van der Waals surface area contributed by atoms with Gasteiger partial charge in [-0.1, -0.05) is 60.3 Å². The van der Waals surface area contributed by atoms with Crippen molar-refractivity contribution in [1.29, 1.82) is 0 Å². The van der Waals surface area contributed by atoms with E-state index in [4.69, 9.17) is 5.10 Å². The molecule has 0 unspecified atom stereocenters. The minimum Gasteiger partial charge on any atom is -0.326 e. The maximum atomic E-state index is 13.6. The minimum absolute atomic E-state index is 0.00774. The maximum absolute atomic E-state index is 13.6. The second-order valence-electron chi connectivity index (χ2n) is 9.00. The van der Waals surface area contributed by atoms with Crippen LogP contribution in [-0.4, -0.2) is 33.0 Å². The molecule has 36 heavy (non-hydrogen) atoms. The third kappa shape index (κ3) is 5.23. The van der Waals surface area contributed by atoms with E-state index in [9.17, 15) is 14.0 Å². The van der Waals surface area contributed by atoms with Crippen LogP contribution in [0, 0.1) is 19.7 Å². The predicted molar refractivity (Wildman–Crippen MR) is 142 cm³/mol. The van der Waals surface area contributed by atoms with Crippen LogP contribution in [0.1, 0.15) is 41.1 Å². The van der Waals surface area contributed by atoms with E-state index < -0.39 is 5.25 Å². The summed E-state index contributed by atoms with van der Waals surface area (Å²) in [5, 5.41) is 9.26. The van der Waals surface area contributed by atoms with Gasteiger partial charge in [0.05, 0.1) is 11.8 Å². The van der Waals surface area contributed by atoms with Crippen LogP contribution in [0.4, 0.5) is 10.1 Å². The van der Waals surface area contributed by atoms with E-state index in [1.165, 1.54) is 23.9 Å². The molecule has 0 fully saturated rings. The molecule has 8 heteroatoms. The third-order valence-corrected chi connectivity index (χ3v) is 7.22. The molecule has 0 saturated carbocycles. The average molecular weight is 501 g/mol. The summed E-state index contributed by atoms with van der Waals surface area (Å²) in [7, 11) is 0. The highest BCUT2D eigenvalue weighted by Crippen LogP contribution is 2.38. The highest BCUT2D eigenvalue weighted by molar-refractivity contribution is 8.15. The van der Waals surface area contributed by atoms with Crippen LogP contribution in [0.25, 0.3) is 0 Å². The first-order valence-electron chi connectivity index (χ1n) is 11.7. The van der Waals surface area contributed by atoms with Crippen molar-refractivity contribution < 1.29 is 14.0 Å². The van der Waals surface area contributed by atoms with Crippen molar-refractivity contribution >= 4 is 40.1 Å². The molecule has 182 valence electrons. The molecule has 6 nitrogen and oxygen atoms in total. The zero-order valence-corrected chi connectivity index (χ0v) is 20.8. The number of hydrazone groups is 1. The van der Waals surface area contributed by atoms with E-state index in [0.29, 0.717) is 17.3 Å². The van der Waals surface area contributed by atoms with Crippen molar-refractivity contribution in [2.24, 2.45) is 10.1 Å². The number of carbonyl (C=O) groups is 2. The standard InChI is InChI=1S/C28H25FN4O2S/c1-17-12-18(2)14-22(13-17)30-26(34)16-25-27(35)31-28(36-25)33-24(20-8-10-21(29)11-9-20)15-23(32-33)19-6-4-3-5-7-19/h3-14,24-25H,15-16H2,1-2H3,(H,30,34)/t24-,25+/m1/s1. The molecule has 0 saturated heterocycles. The lowest BCUT2D eigenvalue weighted by Gasteiger charge is -2.23. The first-order valence-corrected chi connectivity index (χ1v) is 12.6. The van der Waals surface area contributed by atoms with Crippen LogP contribution < -0.4 is 5.32 Å². The van der Waals surface area contributed by atoms with Gasteiger partial charge in [-0.2, -0.15) is 10.1 Å². The fourth-order valence-corrected chi connectivity index (χ4v) is 5.53. The van der Waals surface area contributed by atoms with Crippen LogP contribution in [0.3, 0.4) is 0 Å². The normalized spacial score (nSPS) is 19.3. The van der Waals surface area contributed by atoms with Crippen LogP contribution in [0.15, 0.2) is 82.9 Å². The van der Waals surface area contributed by atoms with Gasteiger partial charge >= 0.3 is 0 Å². The van der Waals surface area contributed by atoms with Crippen molar-refractivity contribution in [3.8, 4) is 0 Å². The highest BCUT2D eigenvalue weighted by Gasteiger charge is 2.39. The fourth-order valence-electron chi connectivity index (χ4n) is 4.47. The van der Waals surface area contributed by atoms with E-state index in [1.807, 2.05) is 62.4 Å². The van der Waals surface area contributed by atoms with Crippen molar-refractivity contribution in [1.82, 2.24) is 5.01 Å². The molecule has 2 aliphatic heterocycles. The van der Waals surface area contributed by atoms with Gasteiger partial charge in [0.25, 0.3) is 5.91 Å². The van der Waals surface area contributed by atoms with Crippen LogP contribution >= 0.6 is 11.8 Å². The number of nitrogens with one attached hydrogen (secondary N) is 1. The van der Waals surface area contributed by atoms with Crippen molar-refractivity contribution in [3.63, 3.8) is 0 Å². The molecule has 5 rings (SSSR count). The Bertz CT molecular complexity index is 1350. The molecular formula is C28H25FN4O2S. The number of rotatable bonds is 5. The Morgan fingerprint density at radius 2 is 1.75 bits per heavy atom. The molecule has 0 radical (unpaired) electrons. The monoisotopic (exact) mass is 500 g/mol. The number of aliphatic imine (C=N–C) groups is 1. The lowest BCUT2D eigenvalue weighted by atomic mass is 9.99. The van der Waals surface area contributed by atoms with Crippen LogP contribution in [0.5, 0.6) is 0 Å². The molecular weight excluding hydrogens is 475 g/mol. The van der Waals surface area contributed by atoms with Gasteiger partial charge in [0.2, 0.25) is 5.91 Å². The van der Waals surface area contributed by atoms with Crippen LogP contribution in [0.2, 0.25) is 0 Å². The molecule has 0 aliphatic carbocycles. The topological polar surface area (TPSA) is 74.1 Å². The zero-order chi connectivity index (χ0) is 25.2. The summed E-state index contributed by atoms with van der Waals surface area (Å²) >= 11 is 1.24. The van der Waals surface area contributed by atoms with Gasteiger partial charge in [-0.3, -0.25) is 9.59 Å². The molecule has 2 atom stereocenters. The van der Waals surface area contributed by atoms with Gasteiger partial charge in [0.15, 0.2) is 5.17 Å². The largest absolute Gasteiger partial charge is 0.326 e. The number of amides is 2. The molecule has 0 aromatic heterocycles. The van der Waals surface area contributed by atoms with Gasteiger partial charge in [-0.25, -0.2) is 9.40 Å². The first kappa shape index (κ1) is 23.9. The third-order valence-electron chi connectivity index (χ3n) is 6.07. The fraction of sp³-hybridized carbons (Fsp3) is 0.214. The maximum Gasteiger partial charge on any atom is 0.262 e. The number of anilines is 1. The SMILES string of the molecule is Cc1cc(C)cc(NC(=O)C[C@@H]2SC(N3N=C(c4ccccc4)C[C@@H]3c3ccc(F)cc3)=NC2=O)c1. The van der Waals surface area contributed by atoms with Gasteiger partial charge in [-0.15, -0.1) is 0 Å². The number of halogens is 1. The van der Waals surface area contributed by atoms with Crippen molar-refractivity contribution in [2.45, 2.75) is 38.0 Å². The molecule has 3 aromatic carbocycles. The Hall–Kier alpha value is -3.78. The summed E-state index contributed by atoms with van der Waals surface area (Å²) < 4.78 is 13.6. The Kier molecular flexibility index (Phi) is 6.69. The Balaban J connectivity index is 1.34. The van der Waals surface area contributed by atoms with E-state index >= 15 is 0 Å². The summed E-state index contributed by atoms with van der Waals surface area (Å²) in [6.07, 6.45) is 0.592. The molecule has 0 spiro atoms. The number of nitrogens with zero attached hydrogens (tertiary/aromatic N) is 3. The second kappa shape index (κ2) is 10.1. The lowest BCUT2D eigenvalue weighted by Crippen LogP contribution is -2.25. The number of thioether (sulfide) groups is 1. The minimum atomic E-state index is -0.629. The van der Waals surface area contributed by atoms with E-state index in [-0.39, 0.29) is 30.1 Å². The Morgan fingerprint density at radius 3 is 2.44 bits per heavy atom. The van der Waals surface area contributed by atoms with E-state index in [0.717, 1.165) is 28.0 Å². The first-order chi connectivity index (χ1) is 17.4. The summed E-state index contributed by atoms with van der Waals surface area (Å²) in [6.45, 7) is 3.94. The summed E-state index contributed by atoms with van der Waals surface area (Å²) in [5.74, 6) is -0.913. The molecule has 2 aliphatic rings. The zero-order valence-electron chi connectivity index (χ0n) is 19.9. The number of hydrogen-bond donors (Lipinski definition) is 1. The summed E-state index contributed by atoms with van der Waals surface area (Å²) in [6, 6.07) is 21.7. The van der Waals surface area contributed by atoms with E-state index in [1.54, 1.807) is 17.1 Å². The number of carbonyl (C=O) groups excluding carboxylic acids is 2. The Morgan fingerprint density at radius 1 is 1.06 bits per heavy atom. The predicted octanol–water partition coefficient (Wildman–Crippen LogP) is 5.62. The van der Waals surface area contributed by atoms with Crippen molar-refractivity contribution in [2.75, 3.05) is 5.32 Å². The smallest absolute Gasteiger partial charge is 0.262 e. The molecule has 2 heterocycles. The number of amidine groups is 1. The summed E-state index contributed by atoms with van der Waals surface area (Å²) in [5.41, 5.74) is 5.52. The highest BCUT2D eigenvalue weighted by atomic mass is 32.2. The molecule has 1 N–H and O–H groups in total. The Labute approximate surface area is 213 Å². The van der Waals surface area contributed by atoms with Gasteiger partial charge in [0.1, 0.15) is 11.1 Å². The summed E-state index contributed by atoms with van der Waals surface area (Å²) in [4.78, 5) is 29.7. The lowest BCUT2D eigenvalue weighted by molar-refractivity contribution is -0.121. The number of aryl methyl sites for hydroxylation is 2. The number of hydrogen-bond acceptors (Lipinski definition) is 5. The van der Waals surface area contributed by atoms with Gasteiger partial charge in [0, 0.05) is 18.5 Å². The molecule has 3 aromatic rings. The van der Waals surface area contributed by atoms with Crippen LogP contribution in [-0.2, 0) is 9.59 Å². The average Bonchev–Trinajstić information content (AvgIpc) is 3.43.